The van der Waals surface area contributed by atoms with Crippen LogP contribution in [-0.2, 0) is 0 Å². The highest BCUT2D eigenvalue weighted by Gasteiger charge is 2.19. The molecule has 1 aliphatic carbocycles. The van der Waals surface area contributed by atoms with Crippen molar-refractivity contribution in [2.24, 2.45) is 5.73 Å². The van der Waals surface area contributed by atoms with Crippen molar-refractivity contribution in [2.75, 3.05) is 0 Å². The molecule has 3 nitrogen and oxygen atoms in total. The summed E-state index contributed by atoms with van der Waals surface area (Å²) in [6.45, 7) is 1.98. The normalized spacial score (nSPS) is 26.3. The molecule has 1 aliphatic rings. The van der Waals surface area contributed by atoms with Crippen molar-refractivity contribution in [3.63, 3.8) is 0 Å². The van der Waals surface area contributed by atoms with Gasteiger partial charge in [0.05, 0.1) is 6.10 Å². The molecule has 0 radical (unpaired) electrons. The van der Waals surface area contributed by atoms with E-state index in [-0.39, 0.29) is 0 Å². The number of aryl methyl sites for hydroxylation is 1. The van der Waals surface area contributed by atoms with E-state index in [1.165, 1.54) is 0 Å². The van der Waals surface area contributed by atoms with Crippen LogP contribution in [0.4, 0.5) is 0 Å². The quantitative estimate of drug-likeness (QED) is 0.805. The van der Waals surface area contributed by atoms with Crippen molar-refractivity contribution in [3.05, 3.63) is 24.0 Å². The van der Waals surface area contributed by atoms with Gasteiger partial charge in [-0.2, -0.15) is 0 Å². The lowest BCUT2D eigenvalue weighted by atomic mass is 9.94. The van der Waals surface area contributed by atoms with Gasteiger partial charge in [0.1, 0.15) is 5.75 Å². The van der Waals surface area contributed by atoms with Gasteiger partial charge in [0.15, 0.2) is 0 Å². The van der Waals surface area contributed by atoms with Crippen LogP contribution in [0.1, 0.15) is 31.4 Å². The van der Waals surface area contributed by atoms with Crippen molar-refractivity contribution in [3.8, 4) is 5.75 Å². The molecule has 0 amide bonds. The van der Waals surface area contributed by atoms with E-state index < -0.39 is 0 Å². The second kappa shape index (κ2) is 4.62. The second-order valence-electron chi connectivity index (χ2n) is 4.29. The maximum atomic E-state index is 5.89. The third kappa shape index (κ3) is 2.93. The van der Waals surface area contributed by atoms with E-state index in [1.54, 1.807) is 6.20 Å². The van der Waals surface area contributed by atoms with E-state index in [1.807, 2.05) is 19.1 Å². The molecule has 2 rings (SSSR count). The first-order valence-electron chi connectivity index (χ1n) is 5.59. The highest BCUT2D eigenvalue weighted by atomic mass is 16.5. The monoisotopic (exact) mass is 206 g/mol. The summed E-state index contributed by atoms with van der Waals surface area (Å²) >= 11 is 0. The van der Waals surface area contributed by atoms with Crippen LogP contribution in [0.2, 0.25) is 0 Å². The van der Waals surface area contributed by atoms with Gasteiger partial charge in [-0.05, 0) is 38.7 Å². The predicted molar refractivity (Wildman–Crippen MR) is 59.8 cm³/mol. The smallest absolute Gasteiger partial charge is 0.123 e. The molecule has 1 saturated carbocycles. The molecule has 3 heteroatoms. The largest absolute Gasteiger partial charge is 0.490 e. The highest BCUT2D eigenvalue weighted by molar-refractivity contribution is 5.22. The number of aromatic nitrogens is 1. The van der Waals surface area contributed by atoms with Crippen LogP contribution in [0.5, 0.6) is 5.75 Å². The number of hydrogen-bond acceptors (Lipinski definition) is 3. The van der Waals surface area contributed by atoms with Crippen molar-refractivity contribution in [2.45, 2.75) is 44.8 Å². The van der Waals surface area contributed by atoms with E-state index in [0.29, 0.717) is 12.1 Å². The molecule has 2 N–H and O–H groups in total. The number of hydrogen-bond donors (Lipinski definition) is 1. The van der Waals surface area contributed by atoms with Crippen molar-refractivity contribution < 1.29 is 4.74 Å². The first-order valence-corrected chi connectivity index (χ1v) is 5.59. The van der Waals surface area contributed by atoms with E-state index in [2.05, 4.69) is 4.98 Å². The van der Waals surface area contributed by atoms with Crippen LogP contribution in [-0.4, -0.2) is 17.1 Å². The molecule has 0 bridgehead atoms. The van der Waals surface area contributed by atoms with Crippen LogP contribution < -0.4 is 10.5 Å². The Hall–Kier alpha value is -1.09. The molecule has 0 aromatic carbocycles. The zero-order valence-corrected chi connectivity index (χ0v) is 9.15. The van der Waals surface area contributed by atoms with Crippen LogP contribution in [0, 0.1) is 6.92 Å². The lowest BCUT2D eigenvalue weighted by molar-refractivity contribution is 0.147. The molecular formula is C12H18N2O. The second-order valence-corrected chi connectivity index (χ2v) is 4.29. The van der Waals surface area contributed by atoms with E-state index >= 15 is 0 Å². The molecule has 0 spiro atoms. The number of pyridine rings is 1. The van der Waals surface area contributed by atoms with Gasteiger partial charge in [-0.25, -0.2) is 0 Å². The standard InChI is InChI=1S/C12H18N2O/c1-9-8-12(6-7-14-9)15-11-4-2-10(13)3-5-11/h6-8,10-11H,2-5,13H2,1H3. The first kappa shape index (κ1) is 10.4. The maximum absolute atomic E-state index is 5.89. The minimum Gasteiger partial charge on any atom is -0.490 e. The molecule has 0 unspecified atom stereocenters. The first-order chi connectivity index (χ1) is 7.24. The average molecular weight is 206 g/mol. The Morgan fingerprint density at radius 2 is 2.07 bits per heavy atom. The van der Waals surface area contributed by atoms with Crippen molar-refractivity contribution in [1.29, 1.82) is 0 Å². The Bertz CT molecular complexity index is 319. The molecular weight excluding hydrogens is 188 g/mol. The molecule has 82 valence electrons. The molecule has 0 aliphatic heterocycles. The average Bonchev–Trinajstić information content (AvgIpc) is 2.22. The summed E-state index contributed by atoms with van der Waals surface area (Å²) in [5.74, 6) is 0.933. The van der Waals surface area contributed by atoms with Gasteiger partial charge in [-0.1, -0.05) is 0 Å². The summed E-state index contributed by atoms with van der Waals surface area (Å²) in [6.07, 6.45) is 6.43. The van der Waals surface area contributed by atoms with Gasteiger partial charge >= 0.3 is 0 Å². The van der Waals surface area contributed by atoms with Gasteiger partial charge in [0.25, 0.3) is 0 Å². The minimum atomic E-state index is 0.339. The van der Waals surface area contributed by atoms with Crippen LogP contribution >= 0.6 is 0 Å². The molecule has 1 aromatic heterocycles. The molecule has 1 fully saturated rings. The lowest BCUT2D eigenvalue weighted by Gasteiger charge is -2.26. The Morgan fingerprint density at radius 1 is 1.33 bits per heavy atom. The van der Waals surface area contributed by atoms with Crippen LogP contribution in [0.25, 0.3) is 0 Å². The topological polar surface area (TPSA) is 48.1 Å². The maximum Gasteiger partial charge on any atom is 0.123 e. The molecule has 0 saturated heterocycles. The predicted octanol–water partition coefficient (Wildman–Crippen LogP) is 2.04. The third-order valence-electron chi connectivity index (χ3n) is 2.89. The fraction of sp³-hybridized carbons (Fsp3) is 0.583. The summed E-state index contributed by atoms with van der Waals surface area (Å²) in [7, 11) is 0. The minimum absolute atomic E-state index is 0.339. The number of ether oxygens (including phenoxy) is 1. The summed E-state index contributed by atoms with van der Waals surface area (Å²) in [5, 5.41) is 0. The Morgan fingerprint density at radius 3 is 2.73 bits per heavy atom. The van der Waals surface area contributed by atoms with E-state index in [0.717, 1.165) is 37.1 Å². The Balaban J connectivity index is 1.92. The van der Waals surface area contributed by atoms with Gasteiger partial charge in [-0.3, -0.25) is 4.98 Å². The molecule has 1 aromatic rings. The SMILES string of the molecule is Cc1cc(OC2CCC(N)CC2)ccn1. The van der Waals surface area contributed by atoms with Crippen molar-refractivity contribution in [1.82, 2.24) is 4.98 Å². The highest BCUT2D eigenvalue weighted by Crippen LogP contribution is 2.22. The van der Waals surface area contributed by atoms with Gasteiger partial charge < -0.3 is 10.5 Å². The number of rotatable bonds is 2. The Kier molecular flexibility index (Phi) is 3.21. The zero-order chi connectivity index (χ0) is 10.7. The zero-order valence-electron chi connectivity index (χ0n) is 9.15. The summed E-state index contributed by atoms with van der Waals surface area (Å²) in [6, 6.07) is 4.28. The fourth-order valence-electron chi connectivity index (χ4n) is 1.99. The van der Waals surface area contributed by atoms with E-state index in [9.17, 15) is 0 Å². The van der Waals surface area contributed by atoms with Gasteiger partial charge in [-0.15, -0.1) is 0 Å². The summed E-state index contributed by atoms with van der Waals surface area (Å²) < 4.78 is 5.89. The van der Waals surface area contributed by atoms with E-state index in [4.69, 9.17) is 10.5 Å². The number of nitrogens with two attached hydrogens (primary N) is 1. The van der Waals surface area contributed by atoms with Gasteiger partial charge in [0.2, 0.25) is 0 Å². The third-order valence-corrected chi connectivity index (χ3v) is 2.89. The Labute approximate surface area is 90.7 Å². The number of nitrogens with zero attached hydrogens (tertiary/aromatic N) is 1. The molecule has 1 heterocycles. The van der Waals surface area contributed by atoms with Crippen LogP contribution in [0.3, 0.4) is 0 Å². The lowest BCUT2D eigenvalue weighted by Crippen LogP contribution is -2.31. The molecule has 0 atom stereocenters. The fourth-order valence-corrected chi connectivity index (χ4v) is 1.99. The van der Waals surface area contributed by atoms with Crippen molar-refractivity contribution >= 4 is 0 Å². The van der Waals surface area contributed by atoms with Gasteiger partial charge in [0, 0.05) is 24.0 Å². The van der Waals surface area contributed by atoms with Crippen LogP contribution in [0.15, 0.2) is 18.3 Å². The summed E-state index contributed by atoms with van der Waals surface area (Å²) in [5.41, 5.74) is 6.85. The molecule has 15 heavy (non-hydrogen) atoms. The summed E-state index contributed by atoms with van der Waals surface area (Å²) in [4.78, 5) is 4.14.